The number of aromatic nitrogens is 1. The largest absolute Gasteiger partial charge is 0.355 e. The Morgan fingerprint density at radius 2 is 2.22 bits per heavy atom. The first-order valence-electron chi connectivity index (χ1n) is 6.45. The minimum Gasteiger partial charge on any atom is -0.355 e. The molecule has 1 heterocycles. The Balaban J connectivity index is 1.54. The second-order valence-electron chi connectivity index (χ2n) is 4.74. The summed E-state index contributed by atoms with van der Waals surface area (Å²) < 4.78 is 1.22. The van der Waals surface area contributed by atoms with Crippen LogP contribution in [0, 0.1) is 5.92 Å². The van der Waals surface area contributed by atoms with Crippen LogP contribution < -0.4 is 5.32 Å². The summed E-state index contributed by atoms with van der Waals surface area (Å²) >= 11 is 1.71. The summed E-state index contributed by atoms with van der Waals surface area (Å²) in [4.78, 5) is 16.2. The average Bonchev–Trinajstić information content (AvgIpc) is 2.69. The van der Waals surface area contributed by atoms with Crippen LogP contribution in [0.2, 0.25) is 0 Å². The van der Waals surface area contributed by atoms with Crippen molar-refractivity contribution in [2.45, 2.75) is 25.7 Å². The number of carbonyl (C=O) groups excluding carboxylic acids is 1. The van der Waals surface area contributed by atoms with Crippen molar-refractivity contribution >= 4 is 27.5 Å². The van der Waals surface area contributed by atoms with E-state index in [0.717, 1.165) is 29.8 Å². The number of nitrogens with one attached hydrogen (secondary N) is 1. The Hall–Kier alpha value is -1.42. The zero-order valence-electron chi connectivity index (χ0n) is 10.2. The molecule has 1 saturated carbocycles. The van der Waals surface area contributed by atoms with Crippen molar-refractivity contribution in [1.29, 1.82) is 0 Å². The summed E-state index contributed by atoms with van der Waals surface area (Å²) in [6, 6.07) is 8.15. The van der Waals surface area contributed by atoms with Crippen LogP contribution >= 0.6 is 11.3 Å². The van der Waals surface area contributed by atoms with Gasteiger partial charge in [-0.3, -0.25) is 4.79 Å². The molecular formula is C14H16N2OS. The van der Waals surface area contributed by atoms with Gasteiger partial charge in [0.15, 0.2) is 0 Å². The summed E-state index contributed by atoms with van der Waals surface area (Å²) in [5, 5.41) is 4.11. The molecule has 0 atom stereocenters. The van der Waals surface area contributed by atoms with Crippen LogP contribution in [0.25, 0.3) is 10.2 Å². The Kier molecular flexibility index (Phi) is 3.28. The van der Waals surface area contributed by atoms with Crippen molar-refractivity contribution in [2.24, 2.45) is 5.92 Å². The highest BCUT2D eigenvalue weighted by molar-refractivity contribution is 7.18. The smallest absolute Gasteiger partial charge is 0.223 e. The van der Waals surface area contributed by atoms with E-state index in [4.69, 9.17) is 0 Å². The molecule has 3 nitrogen and oxygen atoms in total. The van der Waals surface area contributed by atoms with E-state index in [2.05, 4.69) is 16.4 Å². The third-order valence-corrected chi connectivity index (χ3v) is 4.55. The van der Waals surface area contributed by atoms with Gasteiger partial charge in [0.25, 0.3) is 0 Å². The lowest BCUT2D eigenvalue weighted by atomic mass is 9.85. The highest BCUT2D eigenvalue weighted by Gasteiger charge is 2.24. The number of amides is 1. The van der Waals surface area contributed by atoms with Gasteiger partial charge in [-0.1, -0.05) is 18.6 Å². The van der Waals surface area contributed by atoms with Gasteiger partial charge < -0.3 is 5.32 Å². The first-order chi connectivity index (χ1) is 8.83. The maximum atomic E-state index is 11.7. The minimum atomic E-state index is 0.224. The highest BCUT2D eigenvalue weighted by Crippen LogP contribution is 2.26. The van der Waals surface area contributed by atoms with Crippen LogP contribution in [0.5, 0.6) is 0 Å². The summed E-state index contributed by atoms with van der Waals surface area (Å²) in [6.45, 7) is 0.704. The third-order valence-electron chi connectivity index (χ3n) is 3.45. The molecule has 1 fully saturated rings. The lowest BCUT2D eigenvalue weighted by Gasteiger charge is -2.23. The second kappa shape index (κ2) is 5.06. The summed E-state index contributed by atoms with van der Waals surface area (Å²) in [7, 11) is 0. The predicted octanol–water partition coefficient (Wildman–Crippen LogP) is 2.76. The van der Waals surface area contributed by atoms with Gasteiger partial charge in [0.05, 0.1) is 15.2 Å². The fraction of sp³-hybridized carbons (Fsp3) is 0.429. The van der Waals surface area contributed by atoms with Gasteiger partial charge in [0, 0.05) is 18.9 Å². The molecule has 4 heteroatoms. The van der Waals surface area contributed by atoms with Crippen molar-refractivity contribution in [3.63, 3.8) is 0 Å². The number of fused-ring (bicyclic) bond motifs is 1. The van der Waals surface area contributed by atoms with Crippen LogP contribution in [0.4, 0.5) is 0 Å². The number of thiazole rings is 1. The monoisotopic (exact) mass is 260 g/mol. The molecule has 0 saturated heterocycles. The second-order valence-corrected chi connectivity index (χ2v) is 5.86. The summed E-state index contributed by atoms with van der Waals surface area (Å²) in [5.41, 5.74) is 1.06. The topological polar surface area (TPSA) is 42.0 Å². The number of hydrogen-bond acceptors (Lipinski definition) is 3. The normalized spacial score (nSPS) is 15.6. The van der Waals surface area contributed by atoms with E-state index in [1.165, 1.54) is 11.1 Å². The zero-order valence-corrected chi connectivity index (χ0v) is 11.0. The van der Waals surface area contributed by atoms with Crippen LogP contribution in [0.15, 0.2) is 24.3 Å². The van der Waals surface area contributed by atoms with Crippen molar-refractivity contribution in [3.05, 3.63) is 29.3 Å². The molecule has 1 amide bonds. The zero-order chi connectivity index (χ0) is 12.4. The van der Waals surface area contributed by atoms with Gasteiger partial charge in [-0.05, 0) is 25.0 Å². The van der Waals surface area contributed by atoms with Crippen LogP contribution in [-0.4, -0.2) is 17.4 Å². The average molecular weight is 260 g/mol. The van der Waals surface area contributed by atoms with E-state index in [0.29, 0.717) is 6.54 Å². The first kappa shape index (κ1) is 11.7. The molecule has 0 aliphatic heterocycles. The maximum Gasteiger partial charge on any atom is 0.223 e. The van der Waals surface area contributed by atoms with Crippen LogP contribution in [-0.2, 0) is 11.2 Å². The molecule has 1 aromatic carbocycles. The molecule has 3 rings (SSSR count). The molecule has 2 aromatic rings. The quantitative estimate of drug-likeness (QED) is 0.918. The maximum absolute atomic E-state index is 11.7. The Labute approximate surface area is 110 Å². The molecule has 1 aromatic heterocycles. The number of carbonyl (C=O) groups is 1. The van der Waals surface area contributed by atoms with Gasteiger partial charge in [-0.15, -0.1) is 11.3 Å². The summed E-state index contributed by atoms with van der Waals surface area (Å²) in [5.74, 6) is 0.503. The molecular weight excluding hydrogens is 244 g/mol. The Morgan fingerprint density at radius 1 is 1.39 bits per heavy atom. The van der Waals surface area contributed by atoms with Gasteiger partial charge in [-0.2, -0.15) is 0 Å². The van der Waals surface area contributed by atoms with E-state index in [1.54, 1.807) is 11.3 Å². The third kappa shape index (κ3) is 2.38. The van der Waals surface area contributed by atoms with Crippen molar-refractivity contribution in [3.8, 4) is 0 Å². The molecule has 18 heavy (non-hydrogen) atoms. The number of hydrogen-bond donors (Lipinski definition) is 1. The van der Waals surface area contributed by atoms with Gasteiger partial charge >= 0.3 is 0 Å². The van der Waals surface area contributed by atoms with Crippen LogP contribution in [0.1, 0.15) is 24.3 Å². The molecule has 0 radical (unpaired) electrons. The van der Waals surface area contributed by atoms with E-state index < -0.39 is 0 Å². The molecule has 0 spiro atoms. The number of nitrogens with zero attached hydrogens (tertiary/aromatic N) is 1. The lowest BCUT2D eigenvalue weighted by Crippen LogP contribution is -2.35. The predicted molar refractivity (Wildman–Crippen MR) is 73.7 cm³/mol. The highest BCUT2D eigenvalue weighted by atomic mass is 32.1. The molecule has 1 N–H and O–H groups in total. The number of para-hydroxylation sites is 1. The fourth-order valence-corrected chi connectivity index (χ4v) is 3.10. The summed E-state index contributed by atoms with van der Waals surface area (Å²) in [6.07, 6.45) is 4.16. The van der Waals surface area contributed by atoms with E-state index in [1.807, 2.05) is 18.2 Å². The van der Waals surface area contributed by atoms with Crippen molar-refractivity contribution < 1.29 is 4.79 Å². The van der Waals surface area contributed by atoms with E-state index in [-0.39, 0.29) is 11.8 Å². The standard InChI is InChI=1S/C14H16N2OS/c17-14(10-4-3-5-10)15-9-8-13-16-11-6-1-2-7-12(11)18-13/h1-2,6-7,10H,3-5,8-9H2,(H,15,17). The van der Waals surface area contributed by atoms with Gasteiger partial charge in [0.2, 0.25) is 5.91 Å². The molecule has 1 aliphatic rings. The Morgan fingerprint density at radius 3 is 2.94 bits per heavy atom. The molecule has 1 aliphatic carbocycles. The first-order valence-corrected chi connectivity index (χ1v) is 7.27. The van der Waals surface area contributed by atoms with E-state index >= 15 is 0 Å². The SMILES string of the molecule is O=C(NCCc1nc2ccccc2s1)C1CCC1. The Bertz CT molecular complexity index is 527. The van der Waals surface area contributed by atoms with E-state index in [9.17, 15) is 4.79 Å². The number of rotatable bonds is 4. The van der Waals surface area contributed by atoms with Crippen molar-refractivity contribution in [1.82, 2.24) is 10.3 Å². The molecule has 0 unspecified atom stereocenters. The van der Waals surface area contributed by atoms with Gasteiger partial charge in [-0.25, -0.2) is 4.98 Å². The van der Waals surface area contributed by atoms with Gasteiger partial charge in [0.1, 0.15) is 0 Å². The fourth-order valence-electron chi connectivity index (χ4n) is 2.13. The number of benzene rings is 1. The molecule has 0 bridgehead atoms. The van der Waals surface area contributed by atoms with Crippen molar-refractivity contribution in [2.75, 3.05) is 6.54 Å². The minimum absolute atomic E-state index is 0.224. The molecule has 94 valence electrons. The van der Waals surface area contributed by atoms with Crippen LogP contribution in [0.3, 0.4) is 0 Å². The lowest BCUT2D eigenvalue weighted by molar-refractivity contribution is -0.127.